The molecule has 204 valence electrons. The quantitative estimate of drug-likeness (QED) is 0.193. The topological polar surface area (TPSA) is 105 Å². The summed E-state index contributed by atoms with van der Waals surface area (Å²) < 4.78 is 5.24. The minimum absolute atomic E-state index is 0.0218. The molecule has 0 saturated heterocycles. The van der Waals surface area contributed by atoms with E-state index in [2.05, 4.69) is 17.2 Å². The number of benzene rings is 1. The molecule has 1 fully saturated rings. The molecule has 0 bridgehead atoms. The number of rotatable bonds is 14. The van der Waals surface area contributed by atoms with E-state index < -0.39 is 18.0 Å². The van der Waals surface area contributed by atoms with E-state index in [1.165, 1.54) is 0 Å². The number of carbonyl (C=O) groups is 4. The van der Waals surface area contributed by atoms with Crippen molar-refractivity contribution in [2.45, 2.75) is 90.2 Å². The highest BCUT2D eigenvalue weighted by Crippen LogP contribution is 2.27. The number of hydrogen-bond acceptors (Lipinski definition) is 5. The van der Waals surface area contributed by atoms with Crippen LogP contribution in [0.25, 0.3) is 0 Å². The Balaban J connectivity index is 1.99. The van der Waals surface area contributed by atoms with Gasteiger partial charge in [0.05, 0.1) is 6.04 Å². The Kier molecular flexibility index (Phi) is 13.9. The second-order valence-electron chi connectivity index (χ2n) is 9.73. The first-order valence-electron chi connectivity index (χ1n) is 13.3. The largest absolute Gasteiger partial charge is 0.443 e. The minimum atomic E-state index is -0.868. The fraction of sp³-hybridized carbons (Fsp3) is 0.607. The van der Waals surface area contributed by atoms with Gasteiger partial charge < -0.3 is 19.7 Å². The lowest BCUT2D eigenvalue weighted by Crippen LogP contribution is -2.42. The lowest BCUT2D eigenvalue weighted by Gasteiger charge is -2.22. The molecular formula is C28H40ClN3O5. The smallest absolute Gasteiger partial charge is 0.434 e. The number of hydrogen-bond donors (Lipinski definition) is 1. The van der Waals surface area contributed by atoms with Crippen molar-refractivity contribution in [1.82, 2.24) is 10.2 Å². The van der Waals surface area contributed by atoms with Gasteiger partial charge in [0.15, 0.2) is 0 Å². The highest BCUT2D eigenvalue weighted by atomic mass is 35.5. The van der Waals surface area contributed by atoms with Gasteiger partial charge in [0.1, 0.15) is 18.6 Å². The number of halogens is 1. The molecule has 3 amide bonds. The van der Waals surface area contributed by atoms with Crippen LogP contribution in [0.15, 0.2) is 29.3 Å². The van der Waals surface area contributed by atoms with Gasteiger partial charge in [-0.15, -0.1) is 0 Å². The summed E-state index contributed by atoms with van der Waals surface area (Å²) in [5.41, 5.74) is 0.762. The summed E-state index contributed by atoms with van der Waals surface area (Å²) in [6.07, 6.45) is 8.69. The molecule has 0 aliphatic heterocycles. The lowest BCUT2D eigenvalue weighted by molar-refractivity contribution is -0.130. The second-order valence-corrected chi connectivity index (χ2v) is 10.2. The van der Waals surface area contributed by atoms with E-state index in [1.54, 1.807) is 36.2 Å². The fourth-order valence-electron chi connectivity index (χ4n) is 4.39. The molecule has 0 heterocycles. The third kappa shape index (κ3) is 11.9. The van der Waals surface area contributed by atoms with Gasteiger partial charge >= 0.3 is 6.09 Å². The van der Waals surface area contributed by atoms with Crippen molar-refractivity contribution in [1.29, 1.82) is 0 Å². The van der Waals surface area contributed by atoms with E-state index in [0.717, 1.165) is 51.4 Å². The van der Waals surface area contributed by atoms with E-state index in [1.807, 2.05) is 0 Å². The Hall–Kier alpha value is -2.74. The van der Waals surface area contributed by atoms with Crippen LogP contribution in [0.5, 0.6) is 0 Å². The molecule has 1 N–H and O–H groups in total. The average molecular weight is 534 g/mol. The van der Waals surface area contributed by atoms with Crippen LogP contribution in [0.1, 0.15) is 83.1 Å². The summed E-state index contributed by atoms with van der Waals surface area (Å²) in [5, 5.41) is 3.18. The standard InChI is InChI=1S/C28H40ClN3O5/c1-3-4-8-16-32(2)26(34)15-14-24(19-33)30-27(35)25(18-21-10-6-5-7-11-21)31-28(36)37-20-22-12-9-13-23(29)17-22/h9,12-13,17,19,21,24H,3-8,10-11,14-16,18,20H2,1-2H3,(H,30,35)/b31-25+/t24-/m0/s1. The highest BCUT2D eigenvalue weighted by Gasteiger charge is 2.24. The minimum Gasteiger partial charge on any atom is -0.443 e. The third-order valence-corrected chi connectivity index (χ3v) is 6.85. The molecule has 0 spiro atoms. The van der Waals surface area contributed by atoms with Crippen molar-refractivity contribution in [2.75, 3.05) is 13.6 Å². The van der Waals surface area contributed by atoms with Crippen molar-refractivity contribution in [3.8, 4) is 0 Å². The first-order chi connectivity index (χ1) is 17.8. The number of unbranched alkanes of at least 4 members (excludes halogenated alkanes) is 2. The maximum atomic E-state index is 13.1. The van der Waals surface area contributed by atoms with E-state index in [9.17, 15) is 19.2 Å². The summed E-state index contributed by atoms with van der Waals surface area (Å²) in [5.74, 6) is -0.406. The Morgan fingerprint density at radius 3 is 2.65 bits per heavy atom. The van der Waals surface area contributed by atoms with Gasteiger partial charge in [-0.25, -0.2) is 4.79 Å². The van der Waals surface area contributed by atoms with E-state index >= 15 is 0 Å². The van der Waals surface area contributed by atoms with Crippen LogP contribution in [-0.4, -0.2) is 54.4 Å². The number of aliphatic imine (C=N–C) groups is 1. The zero-order chi connectivity index (χ0) is 27.0. The molecule has 0 aromatic heterocycles. The number of ether oxygens (including phenoxy) is 1. The number of nitrogens with one attached hydrogen (secondary N) is 1. The molecule has 1 aromatic rings. The average Bonchev–Trinajstić information content (AvgIpc) is 2.89. The van der Waals surface area contributed by atoms with Crippen molar-refractivity contribution in [3.05, 3.63) is 34.9 Å². The maximum Gasteiger partial charge on any atom is 0.434 e. The molecule has 1 saturated carbocycles. The van der Waals surface area contributed by atoms with Gasteiger partial charge in [-0.1, -0.05) is 75.6 Å². The van der Waals surface area contributed by atoms with E-state index in [-0.39, 0.29) is 37.0 Å². The Bertz CT molecular complexity index is 930. The number of aldehydes is 1. The van der Waals surface area contributed by atoms with Crippen LogP contribution in [0.2, 0.25) is 5.02 Å². The van der Waals surface area contributed by atoms with Crippen molar-refractivity contribution >= 4 is 41.5 Å². The molecule has 1 aliphatic rings. The Labute approximate surface area is 225 Å². The maximum absolute atomic E-state index is 13.1. The highest BCUT2D eigenvalue weighted by molar-refractivity contribution is 6.40. The molecule has 9 heteroatoms. The molecule has 37 heavy (non-hydrogen) atoms. The molecule has 8 nitrogen and oxygen atoms in total. The van der Waals surface area contributed by atoms with Crippen LogP contribution >= 0.6 is 11.6 Å². The first-order valence-corrected chi connectivity index (χ1v) is 13.7. The van der Waals surface area contributed by atoms with Crippen LogP contribution in [0, 0.1) is 5.92 Å². The van der Waals surface area contributed by atoms with E-state index in [0.29, 0.717) is 29.8 Å². The lowest BCUT2D eigenvalue weighted by atomic mass is 9.85. The normalized spacial score (nSPS) is 15.1. The van der Waals surface area contributed by atoms with Crippen molar-refractivity contribution < 1.29 is 23.9 Å². The van der Waals surface area contributed by atoms with Crippen LogP contribution in [0.3, 0.4) is 0 Å². The zero-order valence-electron chi connectivity index (χ0n) is 22.0. The van der Waals surface area contributed by atoms with Crippen molar-refractivity contribution in [3.63, 3.8) is 0 Å². The second kappa shape index (κ2) is 16.9. The summed E-state index contributed by atoms with van der Waals surface area (Å²) in [7, 11) is 1.75. The summed E-state index contributed by atoms with van der Waals surface area (Å²) in [6.45, 7) is 2.75. The van der Waals surface area contributed by atoms with Gasteiger partial charge in [-0.05, 0) is 42.9 Å². The molecule has 1 aromatic carbocycles. The Morgan fingerprint density at radius 2 is 1.97 bits per heavy atom. The predicted molar refractivity (Wildman–Crippen MR) is 145 cm³/mol. The summed E-state index contributed by atoms with van der Waals surface area (Å²) in [6, 6.07) is 6.09. The molecule has 1 atom stereocenters. The molecule has 2 rings (SSSR count). The predicted octanol–water partition coefficient (Wildman–Crippen LogP) is 5.50. The Morgan fingerprint density at radius 1 is 1.22 bits per heavy atom. The van der Waals surface area contributed by atoms with Crippen LogP contribution in [-0.2, 0) is 25.7 Å². The van der Waals surface area contributed by atoms with Gasteiger partial charge in [0, 0.05) is 25.0 Å². The molecule has 0 radical (unpaired) electrons. The molecular weight excluding hydrogens is 494 g/mol. The van der Waals surface area contributed by atoms with Gasteiger partial charge in [0.25, 0.3) is 5.91 Å². The summed E-state index contributed by atoms with van der Waals surface area (Å²) >= 11 is 5.97. The van der Waals surface area contributed by atoms with Gasteiger partial charge in [0.2, 0.25) is 5.91 Å². The number of amides is 3. The SMILES string of the molecule is CCCCCN(C)C(=O)CC[C@@H](C=O)NC(=O)/C(CC1CCCCC1)=N/C(=O)OCc1cccc(Cl)c1. The van der Waals surface area contributed by atoms with Gasteiger partial charge in [-0.3, -0.25) is 9.59 Å². The monoisotopic (exact) mass is 533 g/mol. The van der Waals surface area contributed by atoms with E-state index in [4.69, 9.17) is 16.3 Å². The first kappa shape index (κ1) is 30.5. The molecule has 0 unspecified atom stereocenters. The fourth-order valence-corrected chi connectivity index (χ4v) is 4.60. The van der Waals surface area contributed by atoms with Crippen LogP contribution in [0.4, 0.5) is 4.79 Å². The van der Waals surface area contributed by atoms with Crippen molar-refractivity contribution in [2.24, 2.45) is 10.9 Å². The number of carbonyl (C=O) groups excluding carboxylic acids is 4. The third-order valence-electron chi connectivity index (χ3n) is 6.62. The zero-order valence-corrected chi connectivity index (χ0v) is 22.8. The molecule has 1 aliphatic carbocycles. The van der Waals surface area contributed by atoms with Gasteiger partial charge in [-0.2, -0.15) is 4.99 Å². The number of nitrogens with zero attached hydrogens (tertiary/aromatic N) is 2. The van der Waals surface area contributed by atoms with Crippen LogP contribution < -0.4 is 5.32 Å². The summed E-state index contributed by atoms with van der Waals surface area (Å²) in [4.78, 5) is 55.3.